The minimum atomic E-state index is 0.275. The summed E-state index contributed by atoms with van der Waals surface area (Å²) in [6.07, 6.45) is 6.64. The number of Topliss-reactive ketones (excluding diaryl/α,β-unsaturated/α-hetero) is 1. The van der Waals surface area contributed by atoms with Crippen LogP contribution < -0.4 is 0 Å². The molecule has 0 heterocycles. The van der Waals surface area contributed by atoms with Crippen molar-refractivity contribution in [1.82, 2.24) is 4.90 Å². The van der Waals surface area contributed by atoms with E-state index in [-0.39, 0.29) is 5.78 Å². The van der Waals surface area contributed by atoms with Gasteiger partial charge in [-0.3, -0.25) is 4.79 Å². The average molecular weight is 275 g/mol. The Bertz CT molecular complexity index is 353. The number of nitrogens with zero attached hydrogens (tertiary/aromatic N) is 1. The van der Waals surface area contributed by atoms with Crippen LogP contribution in [0.4, 0.5) is 0 Å². The average Bonchev–Trinajstić information content (AvgIpc) is 2.50. The van der Waals surface area contributed by atoms with Crippen LogP contribution in [0.2, 0.25) is 0 Å². The number of carbonyl (C=O) groups is 1. The van der Waals surface area contributed by atoms with Gasteiger partial charge < -0.3 is 4.90 Å². The third-order valence-corrected chi connectivity index (χ3v) is 3.63. The van der Waals surface area contributed by atoms with Crippen LogP contribution in [0.25, 0.3) is 0 Å². The van der Waals surface area contributed by atoms with Crippen LogP contribution >= 0.6 is 0 Å². The van der Waals surface area contributed by atoms with E-state index in [1.165, 1.54) is 38.8 Å². The van der Waals surface area contributed by atoms with Crippen molar-refractivity contribution in [2.24, 2.45) is 0 Å². The van der Waals surface area contributed by atoms with Crippen molar-refractivity contribution in [3.63, 3.8) is 0 Å². The molecular weight excluding hydrogens is 246 g/mol. The zero-order chi connectivity index (χ0) is 14.6. The lowest BCUT2D eigenvalue weighted by molar-refractivity contribution is 0.0974. The van der Waals surface area contributed by atoms with Gasteiger partial charge in [-0.25, -0.2) is 0 Å². The van der Waals surface area contributed by atoms with Crippen molar-refractivity contribution < 1.29 is 4.79 Å². The molecule has 0 amide bonds. The molecule has 2 nitrogen and oxygen atoms in total. The predicted molar refractivity (Wildman–Crippen MR) is 86.3 cm³/mol. The van der Waals surface area contributed by atoms with Gasteiger partial charge in [0.15, 0.2) is 5.78 Å². The smallest absolute Gasteiger partial charge is 0.162 e. The first-order valence-electron chi connectivity index (χ1n) is 8.08. The fourth-order valence-corrected chi connectivity index (χ4v) is 2.33. The molecule has 0 aliphatic heterocycles. The summed E-state index contributed by atoms with van der Waals surface area (Å²) in [7, 11) is 0. The SMILES string of the molecule is CCCCN(CCCC)CCCC(=O)c1ccccc1. The normalized spacial score (nSPS) is 10.9. The number of unbranched alkanes of at least 4 members (excludes halogenated alkanes) is 2. The van der Waals surface area contributed by atoms with E-state index in [4.69, 9.17) is 0 Å². The number of carbonyl (C=O) groups excluding carboxylic acids is 1. The van der Waals surface area contributed by atoms with Crippen molar-refractivity contribution in [1.29, 1.82) is 0 Å². The van der Waals surface area contributed by atoms with Gasteiger partial charge >= 0.3 is 0 Å². The second-order valence-electron chi connectivity index (χ2n) is 5.44. The van der Waals surface area contributed by atoms with Gasteiger partial charge in [0.2, 0.25) is 0 Å². The molecule has 20 heavy (non-hydrogen) atoms. The topological polar surface area (TPSA) is 20.3 Å². The molecule has 0 saturated carbocycles. The number of hydrogen-bond acceptors (Lipinski definition) is 2. The molecule has 1 aromatic carbocycles. The van der Waals surface area contributed by atoms with Crippen molar-refractivity contribution in [2.75, 3.05) is 19.6 Å². The minimum Gasteiger partial charge on any atom is -0.303 e. The maximum atomic E-state index is 12.0. The molecule has 0 spiro atoms. The van der Waals surface area contributed by atoms with Gasteiger partial charge in [0.25, 0.3) is 0 Å². The van der Waals surface area contributed by atoms with E-state index in [9.17, 15) is 4.79 Å². The Labute approximate surface area is 124 Å². The Morgan fingerprint density at radius 2 is 1.45 bits per heavy atom. The van der Waals surface area contributed by atoms with Gasteiger partial charge in [0.05, 0.1) is 0 Å². The Balaban J connectivity index is 2.30. The molecule has 0 fully saturated rings. The standard InChI is InChI=1S/C18H29NO/c1-3-5-14-19(15-6-4-2)16-10-13-18(20)17-11-8-7-9-12-17/h7-9,11-12H,3-6,10,13-16H2,1-2H3. The summed E-state index contributed by atoms with van der Waals surface area (Å²) in [4.78, 5) is 14.6. The third-order valence-electron chi connectivity index (χ3n) is 3.63. The maximum absolute atomic E-state index is 12.0. The summed E-state index contributed by atoms with van der Waals surface area (Å²) in [5.41, 5.74) is 0.848. The van der Waals surface area contributed by atoms with E-state index in [1.54, 1.807) is 0 Å². The first-order valence-corrected chi connectivity index (χ1v) is 8.08. The van der Waals surface area contributed by atoms with Gasteiger partial charge in [-0.05, 0) is 38.9 Å². The fraction of sp³-hybridized carbons (Fsp3) is 0.611. The summed E-state index contributed by atoms with van der Waals surface area (Å²) < 4.78 is 0. The van der Waals surface area contributed by atoms with Crippen LogP contribution in [0.3, 0.4) is 0 Å². The highest BCUT2D eigenvalue weighted by Crippen LogP contribution is 2.07. The van der Waals surface area contributed by atoms with Crippen molar-refractivity contribution in [2.45, 2.75) is 52.4 Å². The Morgan fingerprint density at radius 3 is 2.00 bits per heavy atom. The second kappa shape index (κ2) is 10.6. The van der Waals surface area contributed by atoms with Crippen LogP contribution in [0, 0.1) is 0 Å². The van der Waals surface area contributed by atoms with Gasteiger partial charge in [-0.1, -0.05) is 57.0 Å². The van der Waals surface area contributed by atoms with E-state index >= 15 is 0 Å². The molecule has 0 unspecified atom stereocenters. The summed E-state index contributed by atoms with van der Waals surface area (Å²) in [5, 5.41) is 0. The summed E-state index contributed by atoms with van der Waals surface area (Å²) >= 11 is 0. The van der Waals surface area contributed by atoms with Crippen LogP contribution in [-0.4, -0.2) is 30.3 Å². The minimum absolute atomic E-state index is 0.275. The van der Waals surface area contributed by atoms with Crippen molar-refractivity contribution >= 4 is 5.78 Å². The number of ketones is 1. The quantitative estimate of drug-likeness (QED) is 0.552. The highest BCUT2D eigenvalue weighted by molar-refractivity contribution is 5.95. The van der Waals surface area contributed by atoms with Crippen LogP contribution in [0.15, 0.2) is 30.3 Å². The Kier molecular flexibility index (Phi) is 8.97. The monoisotopic (exact) mass is 275 g/mol. The highest BCUT2D eigenvalue weighted by Gasteiger charge is 2.07. The van der Waals surface area contributed by atoms with E-state index in [2.05, 4.69) is 18.7 Å². The maximum Gasteiger partial charge on any atom is 0.162 e. The van der Waals surface area contributed by atoms with E-state index in [0.717, 1.165) is 18.5 Å². The van der Waals surface area contributed by atoms with E-state index in [1.807, 2.05) is 30.3 Å². The largest absolute Gasteiger partial charge is 0.303 e. The van der Waals surface area contributed by atoms with Crippen molar-refractivity contribution in [3.05, 3.63) is 35.9 Å². The second-order valence-corrected chi connectivity index (χ2v) is 5.44. The zero-order valence-electron chi connectivity index (χ0n) is 13.1. The zero-order valence-corrected chi connectivity index (χ0v) is 13.1. The lowest BCUT2D eigenvalue weighted by Crippen LogP contribution is -2.27. The fourth-order valence-electron chi connectivity index (χ4n) is 2.33. The molecule has 112 valence electrons. The third kappa shape index (κ3) is 6.85. The Morgan fingerprint density at radius 1 is 0.900 bits per heavy atom. The molecule has 0 aliphatic rings. The van der Waals surface area contributed by atoms with Crippen LogP contribution in [-0.2, 0) is 0 Å². The Hall–Kier alpha value is -1.15. The molecule has 2 heteroatoms. The summed E-state index contributed by atoms with van der Waals surface area (Å²) in [5.74, 6) is 0.275. The lowest BCUT2D eigenvalue weighted by Gasteiger charge is -2.21. The highest BCUT2D eigenvalue weighted by atomic mass is 16.1. The number of hydrogen-bond donors (Lipinski definition) is 0. The van der Waals surface area contributed by atoms with Crippen molar-refractivity contribution in [3.8, 4) is 0 Å². The molecule has 0 bridgehead atoms. The molecule has 0 aromatic heterocycles. The summed E-state index contributed by atoms with van der Waals surface area (Å²) in [6, 6.07) is 9.64. The van der Waals surface area contributed by atoms with Gasteiger partial charge in [-0.15, -0.1) is 0 Å². The summed E-state index contributed by atoms with van der Waals surface area (Å²) in [6.45, 7) is 7.87. The molecule has 0 saturated heterocycles. The van der Waals surface area contributed by atoms with E-state index in [0.29, 0.717) is 6.42 Å². The van der Waals surface area contributed by atoms with Gasteiger partial charge in [0.1, 0.15) is 0 Å². The van der Waals surface area contributed by atoms with Crippen LogP contribution in [0.1, 0.15) is 62.7 Å². The number of rotatable bonds is 11. The van der Waals surface area contributed by atoms with E-state index < -0.39 is 0 Å². The van der Waals surface area contributed by atoms with Crippen LogP contribution in [0.5, 0.6) is 0 Å². The lowest BCUT2D eigenvalue weighted by atomic mass is 10.1. The molecule has 1 aromatic rings. The molecule has 0 radical (unpaired) electrons. The van der Waals surface area contributed by atoms with Gasteiger partial charge in [-0.2, -0.15) is 0 Å². The molecule has 0 atom stereocenters. The number of benzene rings is 1. The molecular formula is C18H29NO. The first-order chi connectivity index (χ1) is 9.77. The van der Waals surface area contributed by atoms with Gasteiger partial charge in [0, 0.05) is 12.0 Å². The molecule has 0 aliphatic carbocycles. The first kappa shape index (κ1) is 16.9. The predicted octanol–water partition coefficient (Wildman–Crippen LogP) is 4.55. The molecule has 0 N–H and O–H groups in total. The molecule has 1 rings (SSSR count).